The topological polar surface area (TPSA) is 30.5 Å². The Labute approximate surface area is 233 Å². The molecule has 0 amide bonds. The van der Waals surface area contributed by atoms with Gasteiger partial charge in [-0.15, -0.1) is 0 Å². The van der Waals surface area contributed by atoms with Crippen LogP contribution in [0.2, 0.25) is 0 Å². The number of ether oxygens (including phenoxy) is 2. The maximum atomic E-state index is 6.29. The molecular weight excluding hydrogens is 478 g/mol. The lowest BCUT2D eigenvalue weighted by molar-refractivity contribution is 0.162. The maximum Gasteiger partial charge on any atom is 0.120 e. The van der Waals surface area contributed by atoms with Crippen LogP contribution in [0.4, 0.5) is 0 Å². The van der Waals surface area contributed by atoms with Crippen LogP contribution in [-0.2, 0) is 13.0 Å². The summed E-state index contributed by atoms with van der Waals surface area (Å²) in [6.07, 6.45) is 4.43. The molecule has 4 aromatic carbocycles. The van der Waals surface area contributed by atoms with Gasteiger partial charge in [-0.25, -0.2) is 0 Å². The molecule has 0 radical (unpaired) electrons. The van der Waals surface area contributed by atoms with Gasteiger partial charge >= 0.3 is 0 Å². The predicted octanol–water partition coefficient (Wildman–Crippen LogP) is 8.33. The van der Waals surface area contributed by atoms with Gasteiger partial charge in [-0.3, -0.25) is 0 Å². The van der Waals surface area contributed by atoms with E-state index in [1.807, 2.05) is 19.9 Å². The van der Waals surface area contributed by atoms with Crippen molar-refractivity contribution < 1.29 is 9.47 Å². The fraction of sp³-hybridized carbons (Fsp3) is 0.278. The molecule has 1 aliphatic heterocycles. The Bertz CT molecular complexity index is 1350. The normalized spacial score (nSPS) is 15.1. The van der Waals surface area contributed by atoms with Gasteiger partial charge in [0.15, 0.2) is 0 Å². The highest BCUT2D eigenvalue weighted by Crippen LogP contribution is 2.42. The zero-order chi connectivity index (χ0) is 26.9. The number of nitrogens with one attached hydrogen (secondary N) is 1. The zero-order valence-corrected chi connectivity index (χ0v) is 23.2. The third-order valence-corrected chi connectivity index (χ3v) is 7.39. The minimum absolute atomic E-state index is 0.302. The van der Waals surface area contributed by atoms with Crippen LogP contribution in [0.1, 0.15) is 60.9 Å². The van der Waals surface area contributed by atoms with Gasteiger partial charge in [0, 0.05) is 0 Å². The summed E-state index contributed by atoms with van der Waals surface area (Å²) in [4.78, 5) is 0. The smallest absolute Gasteiger partial charge is 0.120 e. The van der Waals surface area contributed by atoms with Crippen molar-refractivity contribution in [3.05, 3.63) is 131 Å². The molecule has 0 unspecified atom stereocenters. The van der Waals surface area contributed by atoms with Crippen LogP contribution in [-0.4, -0.2) is 19.2 Å². The summed E-state index contributed by atoms with van der Waals surface area (Å²) < 4.78 is 12.4. The Kier molecular flexibility index (Phi) is 9.13. The quantitative estimate of drug-likeness (QED) is 0.267. The SMILES string of the molecule is CC.c1ccc(COc2ccc3c(c2)CCC(c2ccccc2)=C3c2ccc(OC3CCNCC3)cc2)cc1. The Morgan fingerprint density at radius 1 is 0.692 bits per heavy atom. The fourth-order valence-electron chi connectivity index (χ4n) is 5.46. The van der Waals surface area contributed by atoms with Crippen LogP contribution in [0, 0.1) is 0 Å². The number of rotatable bonds is 7. The molecule has 3 heteroatoms. The van der Waals surface area contributed by atoms with Crippen LogP contribution in [0.25, 0.3) is 11.1 Å². The number of aryl methyl sites for hydroxylation is 1. The van der Waals surface area contributed by atoms with Crippen molar-refractivity contribution in [2.24, 2.45) is 0 Å². The highest BCUT2D eigenvalue weighted by Gasteiger charge is 2.22. The van der Waals surface area contributed by atoms with E-state index in [9.17, 15) is 0 Å². The molecule has 200 valence electrons. The van der Waals surface area contributed by atoms with Crippen molar-refractivity contribution in [2.75, 3.05) is 13.1 Å². The van der Waals surface area contributed by atoms with Gasteiger partial charge in [-0.1, -0.05) is 92.7 Å². The molecule has 6 rings (SSSR count). The van der Waals surface area contributed by atoms with E-state index in [-0.39, 0.29) is 0 Å². The highest BCUT2D eigenvalue weighted by atomic mass is 16.5. The van der Waals surface area contributed by atoms with Gasteiger partial charge in [-0.2, -0.15) is 0 Å². The second kappa shape index (κ2) is 13.3. The largest absolute Gasteiger partial charge is 0.490 e. The molecule has 1 N–H and O–H groups in total. The van der Waals surface area contributed by atoms with E-state index in [1.165, 1.54) is 39.0 Å². The predicted molar refractivity (Wildman–Crippen MR) is 162 cm³/mol. The lowest BCUT2D eigenvalue weighted by Crippen LogP contribution is -2.34. The first kappa shape index (κ1) is 26.8. The first-order chi connectivity index (χ1) is 19.3. The fourth-order valence-corrected chi connectivity index (χ4v) is 5.46. The van der Waals surface area contributed by atoms with Gasteiger partial charge < -0.3 is 14.8 Å². The number of allylic oxidation sites excluding steroid dienone is 1. The van der Waals surface area contributed by atoms with Crippen molar-refractivity contribution >= 4 is 11.1 Å². The Hall–Kier alpha value is -3.82. The molecule has 1 fully saturated rings. The second-order valence-corrected chi connectivity index (χ2v) is 9.90. The van der Waals surface area contributed by atoms with Crippen LogP contribution in [0.15, 0.2) is 103 Å². The average molecular weight is 518 g/mol. The summed E-state index contributed by atoms with van der Waals surface area (Å²) in [5, 5.41) is 3.41. The monoisotopic (exact) mass is 517 g/mol. The van der Waals surface area contributed by atoms with E-state index in [0.717, 1.165) is 50.3 Å². The number of hydrogen-bond acceptors (Lipinski definition) is 3. The van der Waals surface area contributed by atoms with Crippen molar-refractivity contribution in [2.45, 2.75) is 52.2 Å². The minimum atomic E-state index is 0.302. The molecule has 0 atom stereocenters. The van der Waals surface area contributed by atoms with Crippen molar-refractivity contribution in [1.29, 1.82) is 0 Å². The van der Waals surface area contributed by atoms with E-state index >= 15 is 0 Å². The summed E-state index contributed by atoms with van der Waals surface area (Å²) in [5.74, 6) is 1.88. The molecule has 3 nitrogen and oxygen atoms in total. The van der Waals surface area contributed by atoms with Crippen molar-refractivity contribution in [3.63, 3.8) is 0 Å². The first-order valence-corrected chi connectivity index (χ1v) is 14.4. The molecule has 0 aromatic heterocycles. The number of fused-ring (bicyclic) bond motifs is 1. The van der Waals surface area contributed by atoms with E-state index < -0.39 is 0 Å². The summed E-state index contributed by atoms with van der Waals surface area (Å²) in [7, 11) is 0. The molecule has 1 heterocycles. The zero-order valence-electron chi connectivity index (χ0n) is 23.2. The lowest BCUT2D eigenvalue weighted by Gasteiger charge is -2.26. The molecule has 4 aromatic rings. The van der Waals surface area contributed by atoms with Gasteiger partial charge in [0.2, 0.25) is 0 Å². The van der Waals surface area contributed by atoms with Gasteiger partial charge in [0.25, 0.3) is 0 Å². The summed E-state index contributed by atoms with van der Waals surface area (Å²) in [5.41, 5.74) is 9.06. The molecular formula is C36H39NO2. The number of hydrogen-bond donors (Lipinski definition) is 1. The number of piperidine rings is 1. The molecule has 0 bridgehead atoms. The molecule has 2 aliphatic rings. The average Bonchev–Trinajstić information content (AvgIpc) is 3.02. The molecule has 39 heavy (non-hydrogen) atoms. The number of benzene rings is 4. The Balaban J connectivity index is 0.00000151. The van der Waals surface area contributed by atoms with Crippen LogP contribution < -0.4 is 14.8 Å². The standard InChI is InChI=1S/C34H33NO2.C2H6/c1-3-7-25(8-4-1)24-36-31-16-18-33-28(23-31)13-17-32(26-9-5-2-6-10-26)34(33)27-11-14-29(15-12-27)37-30-19-21-35-22-20-30;1-2/h1-12,14-16,18,23,30,35H,13,17,19-22,24H2;1-2H3. The van der Waals surface area contributed by atoms with E-state index in [4.69, 9.17) is 9.47 Å². The molecule has 1 aliphatic carbocycles. The third-order valence-electron chi connectivity index (χ3n) is 7.39. The Morgan fingerprint density at radius 2 is 1.36 bits per heavy atom. The van der Waals surface area contributed by atoms with Gasteiger partial charge in [-0.05, 0) is 102 Å². The van der Waals surface area contributed by atoms with Gasteiger partial charge in [0.1, 0.15) is 24.2 Å². The van der Waals surface area contributed by atoms with Gasteiger partial charge in [0.05, 0.1) is 0 Å². The third kappa shape index (κ3) is 6.61. The Morgan fingerprint density at radius 3 is 2.08 bits per heavy atom. The van der Waals surface area contributed by atoms with Crippen LogP contribution in [0.3, 0.4) is 0 Å². The summed E-state index contributed by atoms with van der Waals surface area (Å²) >= 11 is 0. The minimum Gasteiger partial charge on any atom is -0.490 e. The van der Waals surface area contributed by atoms with E-state index in [0.29, 0.717) is 12.7 Å². The second-order valence-electron chi connectivity index (χ2n) is 9.90. The summed E-state index contributed by atoms with van der Waals surface area (Å²) in [6.45, 7) is 6.64. The first-order valence-electron chi connectivity index (χ1n) is 14.4. The summed E-state index contributed by atoms with van der Waals surface area (Å²) in [6, 6.07) is 36.5. The maximum absolute atomic E-state index is 6.29. The van der Waals surface area contributed by atoms with Crippen LogP contribution >= 0.6 is 0 Å². The lowest BCUT2D eigenvalue weighted by atomic mass is 9.79. The van der Waals surface area contributed by atoms with Crippen molar-refractivity contribution in [1.82, 2.24) is 5.32 Å². The van der Waals surface area contributed by atoms with Crippen LogP contribution in [0.5, 0.6) is 11.5 Å². The van der Waals surface area contributed by atoms with Crippen molar-refractivity contribution in [3.8, 4) is 11.5 Å². The molecule has 0 spiro atoms. The highest BCUT2D eigenvalue weighted by molar-refractivity contribution is 6.00. The molecule has 0 saturated carbocycles. The van der Waals surface area contributed by atoms with E-state index in [2.05, 4.69) is 102 Å². The molecule has 1 saturated heterocycles. The van der Waals surface area contributed by atoms with E-state index in [1.54, 1.807) is 0 Å².